The van der Waals surface area contributed by atoms with E-state index in [1.165, 1.54) is 17.3 Å². The summed E-state index contributed by atoms with van der Waals surface area (Å²) in [6.45, 7) is 0. The van der Waals surface area contributed by atoms with Crippen molar-refractivity contribution in [3.8, 4) is 0 Å². The number of carbonyl (C=O) groups excluding carboxylic acids is 1. The molecule has 3 aliphatic rings. The van der Waals surface area contributed by atoms with E-state index < -0.39 is 5.60 Å². The van der Waals surface area contributed by atoms with E-state index in [9.17, 15) is 9.90 Å². The van der Waals surface area contributed by atoms with Crippen LogP contribution in [0, 0.1) is 17.8 Å². The van der Waals surface area contributed by atoms with Gasteiger partial charge in [0.1, 0.15) is 0 Å². The second-order valence-electron chi connectivity index (χ2n) is 10.2. The van der Waals surface area contributed by atoms with Crippen LogP contribution in [0.3, 0.4) is 0 Å². The van der Waals surface area contributed by atoms with Gasteiger partial charge in [-0.05, 0) is 80.5 Å². The van der Waals surface area contributed by atoms with E-state index in [2.05, 4.69) is 48.0 Å². The second-order valence-corrected chi connectivity index (χ2v) is 10.2. The molecule has 2 aromatic carbocycles. The number of hydrogen-bond donors (Lipinski definition) is 1. The highest BCUT2D eigenvalue weighted by Crippen LogP contribution is 2.56. The summed E-state index contributed by atoms with van der Waals surface area (Å²) in [6, 6.07) is 14.8. The van der Waals surface area contributed by atoms with Crippen molar-refractivity contribution in [3.63, 3.8) is 0 Å². The minimum Gasteiger partial charge on any atom is -0.390 e. The zero-order valence-electron chi connectivity index (χ0n) is 17.8. The number of para-hydroxylation sites is 1. The van der Waals surface area contributed by atoms with Crippen molar-refractivity contribution in [1.82, 2.24) is 9.47 Å². The van der Waals surface area contributed by atoms with Crippen LogP contribution in [0.1, 0.15) is 48.9 Å². The van der Waals surface area contributed by atoms with Gasteiger partial charge in [0.15, 0.2) is 0 Å². The molecule has 30 heavy (non-hydrogen) atoms. The van der Waals surface area contributed by atoms with E-state index in [4.69, 9.17) is 0 Å². The largest absolute Gasteiger partial charge is 0.390 e. The molecular formula is C26H30N2O2. The Balaban J connectivity index is 1.35. The first-order valence-corrected chi connectivity index (χ1v) is 11.4. The monoisotopic (exact) mass is 402 g/mol. The third-order valence-electron chi connectivity index (χ3n) is 8.51. The van der Waals surface area contributed by atoms with Crippen molar-refractivity contribution < 1.29 is 9.90 Å². The van der Waals surface area contributed by atoms with Gasteiger partial charge < -0.3 is 14.6 Å². The summed E-state index contributed by atoms with van der Waals surface area (Å²) in [5.74, 6) is 1.78. The van der Waals surface area contributed by atoms with Gasteiger partial charge in [-0.2, -0.15) is 0 Å². The first kappa shape index (κ1) is 18.4. The molecule has 0 saturated heterocycles. The molecule has 1 heterocycles. The maximum Gasteiger partial charge on any atom is 0.253 e. The highest BCUT2D eigenvalue weighted by molar-refractivity contribution is 6.10. The fourth-order valence-electron chi connectivity index (χ4n) is 7.23. The lowest BCUT2D eigenvalue weighted by molar-refractivity contribution is -0.00803. The summed E-state index contributed by atoms with van der Waals surface area (Å²) >= 11 is 0. The zero-order chi connectivity index (χ0) is 20.6. The normalized spacial score (nSPS) is 32.6. The summed E-state index contributed by atoms with van der Waals surface area (Å²) in [4.78, 5) is 15.6. The lowest BCUT2D eigenvalue weighted by atomic mass is 9.77. The van der Waals surface area contributed by atoms with Crippen LogP contribution < -0.4 is 0 Å². The van der Waals surface area contributed by atoms with Gasteiger partial charge in [0.05, 0.1) is 5.60 Å². The van der Waals surface area contributed by atoms with Crippen molar-refractivity contribution in [2.75, 3.05) is 7.05 Å². The van der Waals surface area contributed by atoms with Crippen molar-refractivity contribution in [2.24, 2.45) is 24.8 Å². The first-order valence-electron chi connectivity index (χ1n) is 11.4. The predicted octanol–water partition coefficient (Wildman–Crippen LogP) is 4.73. The van der Waals surface area contributed by atoms with Crippen LogP contribution in [0.15, 0.2) is 42.5 Å². The van der Waals surface area contributed by atoms with E-state index in [0.29, 0.717) is 17.8 Å². The van der Waals surface area contributed by atoms with Crippen LogP contribution in [0.25, 0.3) is 21.8 Å². The number of amides is 1. The SMILES string of the molecule is CN(C(=O)c1ccc2c(c1)c1ccccc1n2C)C1CCC2CC3CC(O)(C2)CC31. The van der Waals surface area contributed by atoms with E-state index in [1.54, 1.807) is 0 Å². The van der Waals surface area contributed by atoms with Gasteiger partial charge in [-0.25, -0.2) is 0 Å². The van der Waals surface area contributed by atoms with E-state index in [1.807, 2.05) is 18.0 Å². The number of aryl methyl sites for hydroxylation is 1. The maximum absolute atomic E-state index is 13.6. The third-order valence-corrected chi connectivity index (χ3v) is 8.51. The molecule has 0 aliphatic heterocycles. The van der Waals surface area contributed by atoms with Gasteiger partial charge in [0, 0.05) is 47.5 Å². The van der Waals surface area contributed by atoms with Gasteiger partial charge in [0.2, 0.25) is 0 Å². The molecule has 3 aliphatic carbocycles. The second kappa shape index (κ2) is 6.34. The van der Waals surface area contributed by atoms with Crippen molar-refractivity contribution in [2.45, 2.75) is 50.2 Å². The fourth-order valence-corrected chi connectivity index (χ4v) is 7.23. The van der Waals surface area contributed by atoms with Crippen LogP contribution in [-0.2, 0) is 7.05 Å². The quantitative estimate of drug-likeness (QED) is 0.673. The number of benzene rings is 2. The average Bonchev–Trinajstić information content (AvgIpc) is 3.11. The molecular weight excluding hydrogens is 372 g/mol. The molecule has 4 nitrogen and oxygen atoms in total. The molecule has 1 N–H and O–H groups in total. The molecule has 5 atom stereocenters. The van der Waals surface area contributed by atoms with E-state index in [-0.39, 0.29) is 11.9 Å². The molecule has 0 spiro atoms. The Morgan fingerprint density at radius 3 is 2.73 bits per heavy atom. The van der Waals surface area contributed by atoms with Crippen LogP contribution in [0.4, 0.5) is 0 Å². The van der Waals surface area contributed by atoms with Crippen molar-refractivity contribution in [3.05, 3.63) is 48.0 Å². The maximum atomic E-state index is 13.6. The standard InChI is InChI=1S/C26H30N2O2/c1-27-22-6-4-3-5-19(22)20-12-17(8-10-23(20)27)25(29)28(2)24-9-7-16-11-18-14-26(30,13-16)15-21(18)24/h3-6,8,10,12,16,18,21,24,30H,7,9,11,13-15H2,1-2H3. The number of fused-ring (bicyclic) bond motifs is 5. The Kier molecular flexibility index (Phi) is 3.89. The van der Waals surface area contributed by atoms with E-state index >= 15 is 0 Å². The minimum absolute atomic E-state index is 0.114. The minimum atomic E-state index is -0.470. The molecule has 1 amide bonds. The van der Waals surface area contributed by atoms with Crippen molar-refractivity contribution in [1.29, 1.82) is 0 Å². The van der Waals surface area contributed by atoms with Crippen molar-refractivity contribution >= 4 is 27.7 Å². The number of carbonyl (C=O) groups is 1. The number of aliphatic hydroxyl groups is 1. The van der Waals surface area contributed by atoms with Crippen LogP contribution in [0.5, 0.6) is 0 Å². The first-order chi connectivity index (χ1) is 14.4. The predicted molar refractivity (Wildman–Crippen MR) is 119 cm³/mol. The highest BCUT2D eigenvalue weighted by Gasteiger charge is 2.54. The molecule has 6 rings (SSSR count). The Morgan fingerprint density at radius 2 is 1.87 bits per heavy atom. The topological polar surface area (TPSA) is 45.5 Å². The smallest absolute Gasteiger partial charge is 0.253 e. The molecule has 3 bridgehead atoms. The Morgan fingerprint density at radius 1 is 1.07 bits per heavy atom. The van der Waals surface area contributed by atoms with Gasteiger partial charge >= 0.3 is 0 Å². The Labute approximate surface area is 177 Å². The summed E-state index contributed by atoms with van der Waals surface area (Å²) in [5, 5.41) is 13.3. The number of hydrogen-bond acceptors (Lipinski definition) is 2. The molecule has 3 fully saturated rings. The number of nitrogens with zero attached hydrogens (tertiary/aromatic N) is 2. The summed E-state index contributed by atoms with van der Waals surface area (Å²) in [7, 11) is 4.07. The summed E-state index contributed by atoms with van der Waals surface area (Å²) in [5.41, 5.74) is 2.64. The fraction of sp³-hybridized carbons (Fsp3) is 0.500. The van der Waals surface area contributed by atoms with Crippen LogP contribution in [0.2, 0.25) is 0 Å². The van der Waals surface area contributed by atoms with Gasteiger partial charge in [-0.1, -0.05) is 18.2 Å². The van der Waals surface area contributed by atoms with Gasteiger partial charge in [-0.3, -0.25) is 4.79 Å². The highest BCUT2D eigenvalue weighted by atomic mass is 16.3. The average molecular weight is 403 g/mol. The van der Waals surface area contributed by atoms with Crippen LogP contribution >= 0.6 is 0 Å². The van der Waals surface area contributed by atoms with Crippen LogP contribution in [-0.4, -0.2) is 39.2 Å². The molecule has 5 unspecified atom stereocenters. The lowest BCUT2D eigenvalue weighted by Gasteiger charge is -2.36. The summed E-state index contributed by atoms with van der Waals surface area (Å²) < 4.78 is 2.20. The van der Waals surface area contributed by atoms with Gasteiger partial charge in [-0.15, -0.1) is 0 Å². The number of aromatic nitrogens is 1. The molecule has 0 radical (unpaired) electrons. The molecule has 156 valence electrons. The zero-order valence-corrected chi connectivity index (χ0v) is 17.8. The van der Waals surface area contributed by atoms with Gasteiger partial charge in [0.25, 0.3) is 5.91 Å². The molecule has 4 heteroatoms. The Hall–Kier alpha value is -2.33. The molecule has 3 aromatic rings. The molecule has 1 aromatic heterocycles. The number of rotatable bonds is 2. The van der Waals surface area contributed by atoms with E-state index in [0.717, 1.165) is 48.6 Å². The molecule has 3 saturated carbocycles. The third kappa shape index (κ3) is 2.59. The Bertz CT molecular complexity index is 1160. The lowest BCUT2D eigenvalue weighted by Crippen LogP contribution is -2.43. The summed E-state index contributed by atoms with van der Waals surface area (Å²) in [6.07, 6.45) is 6.24.